The van der Waals surface area contributed by atoms with E-state index in [4.69, 9.17) is 9.47 Å². The maximum atomic E-state index is 14.6. The summed E-state index contributed by atoms with van der Waals surface area (Å²) in [7, 11) is 1.52. The zero-order valence-corrected chi connectivity index (χ0v) is 20.1. The molecule has 5 rings (SSSR count). The Kier molecular flexibility index (Phi) is 6.90. The minimum absolute atomic E-state index is 0.0104. The highest BCUT2D eigenvalue weighted by Crippen LogP contribution is 2.25. The Labute approximate surface area is 207 Å². The van der Waals surface area contributed by atoms with E-state index in [-0.39, 0.29) is 18.4 Å². The third-order valence-electron chi connectivity index (χ3n) is 6.54. The molecule has 3 aromatic rings. The van der Waals surface area contributed by atoms with Crippen molar-refractivity contribution in [1.29, 1.82) is 0 Å². The SMILES string of the molecule is COc1ccc2ncc(F)c(CCN3C[C@H](CNCc4nc5c(nc4C)OCC(=O)N5)[C@H](O)C3)c2n1. The van der Waals surface area contributed by atoms with Gasteiger partial charge in [-0.25, -0.2) is 19.3 Å². The third-order valence-corrected chi connectivity index (χ3v) is 6.54. The highest BCUT2D eigenvalue weighted by atomic mass is 19.1. The second-order valence-corrected chi connectivity index (χ2v) is 9.02. The van der Waals surface area contributed by atoms with Crippen LogP contribution in [0.1, 0.15) is 17.0 Å². The minimum Gasteiger partial charge on any atom is -0.481 e. The lowest BCUT2D eigenvalue weighted by Gasteiger charge is -2.19. The molecule has 0 spiro atoms. The Balaban J connectivity index is 1.17. The standard InChI is InChI=1S/C24H28FN7O4/c1-13-18(29-23-24(28-13)36-12-20(34)30-23)9-26-7-14-10-32(11-19(14)33)6-5-15-16(25)8-27-17-3-4-21(35-2)31-22(15)17/h3-4,8,14,19,26,33H,5-7,9-12H2,1-2H3,(H,29,30,34)/t14-,19+/m0/s1. The largest absolute Gasteiger partial charge is 0.481 e. The highest BCUT2D eigenvalue weighted by molar-refractivity contribution is 5.93. The molecule has 0 radical (unpaired) electrons. The number of carbonyl (C=O) groups excluding carboxylic acids is 1. The maximum Gasteiger partial charge on any atom is 0.263 e. The molecule has 0 saturated carbocycles. The van der Waals surface area contributed by atoms with Gasteiger partial charge in [-0.15, -0.1) is 0 Å². The van der Waals surface area contributed by atoms with Crippen molar-refractivity contribution in [3.8, 4) is 11.8 Å². The van der Waals surface area contributed by atoms with Crippen LogP contribution < -0.4 is 20.1 Å². The van der Waals surface area contributed by atoms with E-state index in [2.05, 4.69) is 35.5 Å². The van der Waals surface area contributed by atoms with Crippen molar-refractivity contribution < 1.29 is 23.8 Å². The van der Waals surface area contributed by atoms with Crippen molar-refractivity contribution in [3.05, 3.63) is 41.1 Å². The predicted octanol–water partition coefficient (Wildman–Crippen LogP) is 0.832. The number of nitrogens with zero attached hydrogens (tertiary/aromatic N) is 5. The summed E-state index contributed by atoms with van der Waals surface area (Å²) in [6.07, 6.45) is 1.16. The van der Waals surface area contributed by atoms with Crippen LogP contribution in [0.3, 0.4) is 0 Å². The number of aliphatic hydroxyl groups is 1. The van der Waals surface area contributed by atoms with E-state index in [1.807, 2.05) is 6.92 Å². The fourth-order valence-corrected chi connectivity index (χ4v) is 4.58. The number of hydrogen-bond acceptors (Lipinski definition) is 10. The van der Waals surface area contributed by atoms with Crippen molar-refractivity contribution in [2.75, 3.05) is 45.2 Å². The van der Waals surface area contributed by atoms with Crippen LogP contribution in [-0.4, -0.2) is 81.8 Å². The van der Waals surface area contributed by atoms with E-state index >= 15 is 0 Å². The fourth-order valence-electron chi connectivity index (χ4n) is 4.58. The number of pyridine rings is 2. The number of β-amino-alcohol motifs (C(OH)–C–C–N with tert-alkyl or cyclic N) is 1. The van der Waals surface area contributed by atoms with Crippen LogP contribution in [-0.2, 0) is 17.8 Å². The normalized spacial score (nSPS) is 19.7. The smallest absolute Gasteiger partial charge is 0.263 e. The Morgan fingerprint density at radius 1 is 1.31 bits per heavy atom. The van der Waals surface area contributed by atoms with Crippen LogP contribution in [0.5, 0.6) is 11.8 Å². The number of aryl methyl sites for hydroxylation is 1. The maximum absolute atomic E-state index is 14.6. The molecule has 0 aliphatic carbocycles. The quantitative estimate of drug-likeness (QED) is 0.411. The van der Waals surface area contributed by atoms with Crippen LogP contribution in [0, 0.1) is 18.7 Å². The van der Waals surface area contributed by atoms with Gasteiger partial charge in [0.15, 0.2) is 12.4 Å². The number of amides is 1. The zero-order chi connectivity index (χ0) is 25.2. The van der Waals surface area contributed by atoms with Crippen LogP contribution >= 0.6 is 0 Å². The number of carbonyl (C=O) groups is 1. The first-order valence-electron chi connectivity index (χ1n) is 11.8. The van der Waals surface area contributed by atoms with E-state index in [0.29, 0.717) is 84.7 Å². The molecule has 0 bridgehead atoms. The molecule has 11 nitrogen and oxygen atoms in total. The van der Waals surface area contributed by atoms with Crippen molar-refractivity contribution in [2.24, 2.45) is 5.92 Å². The number of methoxy groups -OCH3 is 1. The van der Waals surface area contributed by atoms with Crippen LogP contribution in [0.2, 0.25) is 0 Å². The number of aliphatic hydroxyl groups excluding tert-OH is 1. The van der Waals surface area contributed by atoms with E-state index in [1.54, 1.807) is 12.1 Å². The number of fused-ring (bicyclic) bond motifs is 2. The van der Waals surface area contributed by atoms with E-state index in [1.165, 1.54) is 13.3 Å². The lowest BCUT2D eigenvalue weighted by molar-refractivity contribution is -0.118. The van der Waals surface area contributed by atoms with Gasteiger partial charge < -0.3 is 30.1 Å². The van der Waals surface area contributed by atoms with Gasteiger partial charge in [0.05, 0.1) is 41.8 Å². The van der Waals surface area contributed by atoms with Crippen LogP contribution in [0.15, 0.2) is 18.3 Å². The summed E-state index contributed by atoms with van der Waals surface area (Å²) >= 11 is 0. The third kappa shape index (κ3) is 5.06. The summed E-state index contributed by atoms with van der Waals surface area (Å²) in [5, 5.41) is 16.6. The molecule has 36 heavy (non-hydrogen) atoms. The molecular weight excluding hydrogens is 469 g/mol. The summed E-state index contributed by atoms with van der Waals surface area (Å²) in [6.45, 7) is 4.55. The van der Waals surface area contributed by atoms with Gasteiger partial charge >= 0.3 is 0 Å². The molecule has 2 atom stereocenters. The van der Waals surface area contributed by atoms with Crippen molar-refractivity contribution in [1.82, 2.24) is 30.2 Å². The molecule has 1 saturated heterocycles. The van der Waals surface area contributed by atoms with Gasteiger partial charge in [-0.3, -0.25) is 9.78 Å². The summed E-state index contributed by atoms with van der Waals surface area (Å²) in [5.74, 6) is 0.407. The zero-order valence-electron chi connectivity index (χ0n) is 20.1. The lowest BCUT2D eigenvalue weighted by atomic mass is 10.1. The number of hydrogen-bond donors (Lipinski definition) is 3. The molecule has 0 aromatic carbocycles. The molecule has 2 aliphatic heterocycles. The molecule has 1 amide bonds. The van der Waals surface area contributed by atoms with Gasteiger partial charge in [0, 0.05) is 50.3 Å². The van der Waals surface area contributed by atoms with E-state index < -0.39 is 11.9 Å². The Morgan fingerprint density at radius 2 is 2.17 bits per heavy atom. The number of anilines is 1. The van der Waals surface area contributed by atoms with Crippen molar-refractivity contribution >= 4 is 22.8 Å². The van der Waals surface area contributed by atoms with Crippen molar-refractivity contribution in [3.63, 3.8) is 0 Å². The van der Waals surface area contributed by atoms with Gasteiger partial charge in [0.2, 0.25) is 5.88 Å². The minimum atomic E-state index is -0.502. The molecule has 3 aromatic heterocycles. The van der Waals surface area contributed by atoms with Gasteiger partial charge in [-0.05, 0) is 19.4 Å². The van der Waals surface area contributed by atoms with E-state index in [9.17, 15) is 14.3 Å². The van der Waals surface area contributed by atoms with Gasteiger partial charge in [-0.2, -0.15) is 0 Å². The summed E-state index contributed by atoms with van der Waals surface area (Å²) in [4.78, 5) is 31.0. The lowest BCUT2D eigenvalue weighted by Crippen LogP contribution is -2.31. The number of aromatic nitrogens is 4. The predicted molar refractivity (Wildman–Crippen MR) is 128 cm³/mol. The first-order valence-corrected chi connectivity index (χ1v) is 11.8. The number of rotatable bonds is 8. The summed E-state index contributed by atoms with van der Waals surface area (Å²) in [6, 6.07) is 3.47. The van der Waals surface area contributed by atoms with Gasteiger partial charge in [0.1, 0.15) is 5.82 Å². The molecule has 5 heterocycles. The van der Waals surface area contributed by atoms with Crippen molar-refractivity contribution in [2.45, 2.75) is 26.0 Å². The molecule has 3 N–H and O–H groups in total. The molecule has 12 heteroatoms. The molecular formula is C24H28FN7O4. The van der Waals surface area contributed by atoms with Gasteiger partial charge in [0.25, 0.3) is 11.8 Å². The number of likely N-dealkylation sites (tertiary alicyclic amines) is 1. The molecule has 2 aliphatic rings. The highest BCUT2D eigenvalue weighted by Gasteiger charge is 2.31. The summed E-state index contributed by atoms with van der Waals surface area (Å²) < 4.78 is 25.1. The number of nitrogens with one attached hydrogen (secondary N) is 2. The second-order valence-electron chi connectivity index (χ2n) is 9.02. The Hall–Kier alpha value is -3.48. The fraction of sp³-hybridized carbons (Fsp3) is 0.458. The first-order chi connectivity index (χ1) is 17.4. The topological polar surface area (TPSA) is 135 Å². The average Bonchev–Trinajstić information content (AvgIpc) is 3.22. The first kappa shape index (κ1) is 24.2. The number of halogens is 1. The van der Waals surface area contributed by atoms with Crippen LogP contribution in [0.25, 0.3) is 11.0 Å². The average molecular weight is 498 g/mol. The molecule has 0 unspecified atom stereocenters. The van der Waals surface area contributed by atoms with Gasteiger partial charge in [-0.1, -0.05) is 0 Å². The Morgan fingerprint density at radius 3 is 3.00 bits per heavy atom. The number of ether oxygens (including phenoxy) is 2. The summed E-state index contributed by atoms with van der Waals surface area (Å²) in [5.41, 5.74) is 3.01. The van der Waals surface area contributed by atoms with Crippen LogP contribution in [0.4, 0.5) is 10.2 Å². The monoisotopic (exact) mass is 497 g/mol. The van der Waals surface area contributed by atoms with E-state index in [0.717, 1.165) is 0 Å². The molecule has 1 fully saturated rings. The Bertz CT molecular complexity index is 1290. The second kappa shape index (κ2) is 10.2. The molecule has 190 valence electrons.